The number of nitrogens with zero attached hydrogens (tertiary/aromatic N) is 2. The van der Waals surface area contributed by atoms with E-state index in [1.54, 1.807) is 6.92 Å². The molecule has 0 aromatic heterocycles. The van der Waals surface area contributed by atoms with Crippen LogP contribution in [-0.2, 0) is 19.2 Å². The van der Waals surface area contributed by atoms with E-state index in [0.29, 0.717) is 32.2 Å². The van der Waals surface area contributed by atoms with E-state index in [4.69, 9.17) is 17.2 Å². The zero-order valence-electron chi connectivity index (χ0n) is 18.2. The quantitative estimate of drug-likeness (QED) is 0.114. The standard InChI is InChI=1S/C19H35N7O5/c1-3-11(2)15(18(30)31)25-16(28)13-7-5-9-26(13)17(29)12(24-14(27)10-20)6-4-8-23-19(21)22/h11-13,15H,3-10,20H2,1-2H3,(H,24,27)(H,25,28)(H,30,31)(H4,21,22,23). The summed E-state index contributed by atoms with van der Waals surface area (Å²) in [5.41, 5.74) is 15.9. The van der Waals surface area contributed by atoms with Gasteiger partial charge < -0.3 is 37.8 Å². The van der Waals surface area contributed by atoms with Gasteiger partial charge in [-0.25, -0.2) is 4.79 Å². The molecule has 1 rings (SSSR count). The molecule has 1 saturated heterocycles. The summed E-state index contributed by atoms with van der Waals surface area (Å²) in [5, 5.41) is 14.6. The lowest BCUT2D eigenvalue weighted by atomic mass is 9.98. The van der Waals surface area contributed by atoms with Crippen molar-refractivity contribution >= 4 is 29.7 Å². The second kappa shape index (κ2) is 12.7. The third kappa shape index (κ3) is 8.04. The van der Waals surface area contributed by atoms with Gasteiger partial charge in [-0.05, 0) is 31.6 Å². The van der Waals surface area contributed by atoms with Crippen molar-refractivity contribution in [3.63, 3.8) is 0 Å². The fraction of sp³-hybridized carbons (Fsp3) is 0.737. The Morgan fingerprint density at radius 1 is 1.23 bits per heavy atom. The van der Waals surface area contributed by atoms with Crippen LogP contribution < -0.4 is 27.8 Å². The molecule has 31 heavy (non-hydrogen) atoms. The minimum absolute atomic E-state index is 0.0700. The fourth-order valence-corrected chi connectivity index (χ4v) is 3.45. The van der Waals surface area contributed by atoms with Crippen LogP contribution in [0.5, 0.6) is 0 Å². The average molecular weight is 442 g/mol. The van der Waals surface area contributed by atoms with Crippen molar-refractivity contribution in [3.05, 3.63) is 0 Å². The topological polar surface area (TPSA) is 206 Å². The minimum atomic E-state index is -1.12. The molecule has 3 amide bonds. The highest BCUT2D eigenvalue weighted by Crippen LogP contribution is 2.20. The number of rotatable bonds is 12. The zero-order chi connectivity index (χ0) is 23.6. The van der Waals surface area contributed by atoms with Gasteiger partial charge in [0.2, 0.25) is 17.7 Å². The van der Waals surface area contributed by atoms with Gasteiger partial charge in [-0.2, -0.15) is 0 Å². The minimum Gasteiger partial charge on any atom is -0.480 e. The van der Waals surface area contributed by atoms with Gasteiger partial charge in [-0.3, -0.25) is 19.4 Å². The summed E-state index contributed by atoms with van der Waals surface area (Å²) in [7, 11) is 0. The number of amides is 3. The predicted octanol–water partition coefficient (Wildman–Crippen LogP) is -1.91. The molecule has 12 heteroatoms. The first-order valence-corrected chi connectivity index (χ1v) is 10.5. The van der Waals surface area contributed by atoms with Gasteiger partial charge in [-0.15, -0.1) is 0 Å². The van der Waals surface area contributed by atoms with Gasteiger partial charge in [0.25, 0.3) is 0 Å². The molecule has 4 unspecified atom stereocenters. The Kier molecular flexibility index (Phi) is 10.7. The molecule has 1 fully saturated rings. The Morgan fingerprint density at radius 2 is 1.90 bits per heavy atom. The Morgan fingerprint density at radius 3 is 2.45 bits per heavy atom. The highest BCUT2D eigenvalue weighted by Gasteiger charge is 2.39. The number of hydrogen-bond donors (Lipinski definition) is 6. The van der Waals surface area contributed by atoms with Crippen LogP contribution in [0.4, 0.5) is 0 Å². The van der Waals surface area contributed by atoms with Crippen molar-refractivity contribution in [2.75, 3.05) is 19.6 Å². The molecule has 0 saturated carbocycles. The number of guanidine groups is 1. The first-order valence-electron chi connectivity index (χ1n) is 10.5. The van der Waals surface area contributed by atoms with Gasteiger partial charge in [0.15, 0.2) is 5.96 Å². The molecule has 1 aliphatic heterocycles. The number of carbonyl (C=O) groups excluding carboxylic acids is 3. The lowest BCUT2D eigenvalue weighted by molar-refractivity contribution is -0.146. The highest BCUT2D eigenvalue weighted by atomic mass is 16.4. The second-order valence-electron chi connectivity index (χ2n) is 7.67. The number of aliphatic carboxylic acids is 1. The third-order valence-corrected chi connectivity index (χ3v) is 5.38. The van der Waals surface area contributed by atoms with Gasteiger partial charge in [0.05, 0.1) is 6.54 Å². The number of nitrogens with one attached hydrogen (secondary N) is 2. The van der Waals surface area contributed by atoms with E-state index in [0.717, 1.165) is 0 Å². The van der Waals surface area contributed by atoms with Gasteiger partial charge in [-0.1, -0.05) is 20.3 Å². The van der Waals surface area contributed by atoms with E-state index in [2.05, 4.69) is 15.6 Å². The molecule has 176 valence electrons. The molecular formula is C19H35N7O5. The van der Waals surface area contributed by atoms with E-state index < -0.39 is 41.8 Å². The van der Waals surface area contributed by atoms with E-state index >= 15 is 0 Å². The smallest absolute Gasteiger partial charge is 0.326 e. The molecule has 0 aromatic carbocycles. The molecule has 0 aromatic rings. The third-order valence-electron chi connectivity index (χ3n) is 5.38. The van der Waals surface area contributed by atoms with Crippen LogP contribution in [0.25, 0.3) is 0 Å². The maximum atomic E-state index is 13.1. The van der Waals surface area contributed by atoms with Crippen molar-refractivity contribution in [2.45, 2.75) is 64.1 Å². The molecule has 1 aliphatic rings. The maximum absolute atomic E-state index is 13.1. The molecule has 9 N–H and O–H groups in total. The van der Waals surface area contributed by atoms with Crippen LogP contribution in [0, 0.1) is 5.92 Å². The van der Waals surface area contributed by atoms with Gasteiger partial charge in [0, 0.05) is 13.1 Å². The Labute approximate surface area is 182 Å². The molecule has 12 nitrogen and oxygen atoms in total. The lowest BCUT2D eigenvalue weighted by Gasteiger charge is -2.30. The van der Waals surface area contributed by atoms with Crippen molar-refractivity contribution in [1.82, 2.24) is 15.5 Å². The van der Waals surface area contributed by atoms with Crippen LogP contribution in [0.15, 0.2) is 4.99 Å². The van der Waals surface area contributed by atoms with Crippen LogP contribution in [0.2, 0.25) is 0 Å². The van der Waals surface area contributed by atoms with Gasteiger partial charge >= 0.3 is 5.97 Å². The van der Waals surface area contributed by atoms with E-state index in [1.807, 2.05) is 6.92 Å². The molecule has 4 atom stereocenters. The lowest BCUT2D eigenvalue weighted by Crippen LogP contribution is -2.56. The summed E-state index contributed by atoms with van der Waals surface area (Å²) in [6, 6.07) is -2.72. The van der Waals surface area contributed by atoms with Gasteiger partial charge in [0.1, 0.15) is 18.1 Å². The Balaban J connectivity index is 2.91. The Hall–Kier alpha value is -2.89. The summed E-state index contributed by atoms with van der Waals surface area (Å²) in [6.07, 6.45) is 2.27. The first-order chi connectivity index (χ1) is 14.6. The predicted molar refractivity (Wildman–Crippen MR) is 115 cm³/mol. The maximum Gasteiger partial charge on any atom is 0.326 e. The summed E-state index contributed by atoms with van der Waals surface area (Å²) in [6.45, 7) is 3.91. The summed E-state index contributed by atoms with van der Waals surface area (Å²) in [4.78, 5) is 54.6. The number of carbonyl (C=O) groups is 4. The molecule has 0 radical (unpaired) electrons. The van der Waals surface area contributed by atoms with Crippen LogP contribution >= 0.6 is 0 Å². The number of carboxylic acid groups (broad SMARTS) is 1. The van der Waals surface area contributed by atoms with Crippen molar-refractivity contribution in [1.29, 1.82) is 0 Å². The molecule has 1 heterocycles. The normalized spacial score (nSPS) is 18.5. The molecule has 0 spiro atoms. The number of aliphatic imine (C=N–C) groups is 1. The zero-order valence-corrected chi connectivity index (χ0v) is 18.2. The summed E-state index contributed by atoms with van der Waals surface area (Å²) >= 11 is 0. The molecule has 0 aliphatic carbocycles. The fourth-order valence-electron chi connectivity index (χ4n) is 3.45. The molecule has 0 bridgehead atoms. The van der Waals surface area contributed by atoms with Crippen LogP contribution in [-0.4, -0.2) is 77.4 Å². The number of carboxylic acids is 1. The van der Waals surface area contributed by atoms with Crippen LogP contribution in [0.3, 0.4) is 0 Å². The average Bonchev–Trinajstić information content (AvgIpc) is 3.22. The largest absolute Gasteiger partial charge is 0.480 e. The number of likely N-dealkylation sites (tertiary alicyclic amines) is 1. The van der Waals surface area contributed by atoms with Crippen LogP contribution in [0.1, 0.15) is 46.0 Å². The monoisotopic (exact) mass is 441 g/mol. The van der Waals surface area contributed by atoms with E-state index in [1.165, 1.54) is 4.90 Å². The number of nitrogens with two attached hydrogens (primary N) is 3. The van der Waals surface area contributed by atoms with Crippen molar-refractivity contribution in [3.8, 4) is 0 Å². The molecular weight excluding hydrogens is 406 g/mol. The first kappa shape index (κ1) is 26.1. The summed E-state index contributed by atoms with van der Waals surface area (Å²) in [5.74, 6) is -2.88. The van der Waals surface area contributed by atoms with E-state index in [-0.39, 0.29) is 31.4 Å². The van der Waals surface area contributed by atoms with E-state index in [9.17, 15) is 24.3 Å². The SMILES string of the molecule is CCC(C)C(NC(=O)C1CCCN1C(=O)C(CCCN=C(N)N)NC(=O)CN)C(=O)O. The van der Waals surface area contributed by atoms with Crippen molar-refractivity contribution in [2.24, 2.45) is 28.1 Å². The second-order valence-corrected chi connectivity index (χ2v) is 7.67. The Bertz CT molecular complexity index is 681. The number of hydrogen-bond acceptors (Lipinski definition) is 6. The highest BCUT2D eigenvalue weighted by molar-refractivity contribution is 5.94. The van der Waals surface area contributed by atoms with Crippen molar-refractivity contribution < 1.29 is 24.3 Å². The summed E-state index contributed by atoms with van der Waals surface area (Å²) < 4.78 is 0.